The maximum atomic E-state index is 12.2. The number of nitrogens with zero attached hydrogens (tertiary/aromatic N) is 1. The molecule has 1 aromatic heterocycles. The summed E-state index contributed by atoms with van der Waals surface area (Å²) in [5.41, 5.74) is 7.36. The molecule has 0 bridgehead atoms. The van der Waals surface area contributed by atoms with Crippen molar-refractivity contribution in [1.82, 2.24) is 4.98 Å². The number of aromatic nitrogens is 1. The SMILES string of the molecule is Nc1cc(Cl)c(Cl)c(C(=O)Nc2nc(C3CC3)cs2)c1. The van der Waals surface area contributed by atoms with Crippen molar-refractivity contribution in [2.75, 3.05) is 11.1 Å². The summed E-state index contributed by atoms with van der Waals surface area (Å²) in [6, 6.07) is 3.01. The van der Waals surface area contributed by atoms with Crippen LogP contribution in [0.3, 0.4) is 0 Å². The maximum absolute atomic E-state index is 12.2. The standard InChI is InChI=1S/C13H11Cl2N3OS/c14-9-4-7(16)3-8(11(9)15)12(19)18-13-17-10(5-20-13)6-1-2-6/h3-6H,1-2,16H2,(H,17,18,19). The van der Waals surface area contributed by atoms with E-state index in [1.54, 1.807) is 0 Å². The van der Waals surface area contributed by atoms with Crippen molar-refractivity contribution in [3.05, 3.63) is 38.8 Å². The fourth-order valence-corrected chi connectivity index (χ4v) is 3.06. The summed E-state index contributed by atoms with van der Waals surface area (Å²) in [5.74, 6) is 0.197. The average molecular weight is 328 g/mol. The molecule has 7 heteroatoms. The quantitative estimate of drug-likeness (QED) is 0.831. The van der Waals surface area contributed by atoms with Crippen LogP contribution in [-0.2, 0) is 0 Å². The van der Waals surface area contributed by atoms with E-state index in [1.165, 1.54) is 36.3 Å². The maximum Gasteiger partial charge on any atom is 0.259 e. The van der Waals surface area contributed by atoms with Gasteiger partial charge in [0.25, 0.3) is 5.91 Å². The lowest BCUT2D eigenvalue weighted by molar-refractivity contribution is 0.102. The largest absolute Gasteiger partial charge is 0.399 e. The second-order valence-electron chi connectivity index (χ2n) is 4.67. The Kier molecular flexibility index (Phi) is 3.58. The van der Waals surface area contributed by atoms with Gasteiger partial charge in [-0.15, -0.1) is 11.3 Å². The first kappa shape index (κ1) is 13.7. The number of anilines is 2. The fraction of sp³-hybridized carbons (Fsp3) is 0.231. The zero-order chi connectivity index (χ0) is 14.3. The molecule has 3 N–H and O–H groups in total. The molecule has 4 nitrogen and oxygen atoms in total. The number of hydrogen-bond donors (Lipinski definition) is 2. The Morgan fingerprint density at radius 1 is 1.40 bits per heavy atom. The van der Waals surface area contributed by atoms with Crippen molar-refractivity contribution in [3.63, 3.8) is 0 Å². The summed E-state index contributed by atoms with van der Waals surface area (Å²) in [7, 11) is 0. The second kappa shape index (κ2) is 5.24. The molecule has 20 heavy (non-hydrogen) atoms. The molecular formula is C13H11Cl2N3OS. The van der Waals surface area contributed by atoms with Gasteiger partial charge in [-0.05, 0) is 25.0 Å². The summed E-state index contributed by atoms with van der Waals surface area (Å²) in [6.07, 6.45) is 2.35. The zero-order valence-electron chi connectivity index (χ0n) is 10.3. The van der Waals surface area contributed by atoms with Crippen molar-refractivity contribution in [2.24, 2.45) is 0 Å². The smallest absolute Gasteiger partial charge is 0.259 e. The molecule has 104 valence electrons. The molecule has 0 saturated heterocycles. The van der Waals surface area contributed by atoms with Crippen LogP contribution in [-0.4, -0.2) is 10.9 Å². The number of nitrogens with one attached hydrogen (secondary N) is 1. The van der Waals surface area contributed by atoms with Gasteiger partial charge in [0.1, 0.15) is 0 Å². The van der Waals surface area contributed by atoms with Crippen LogP contribution in [0.1, 0.15) is 34.8 Å². The van der Waals surface area contributed by atoms with Gasteiger partial charge in [0.2, 0.25) is 0 Å². The van der Waals surface area contributed by atoms with Crippen LogP contribution in [0.15, 0.2) is 17.5 Å². The van der Waals surface area contributed by atoms with Gasteiger partial charge in [-0.1, -0.05) is 23.2 Å². The van der Waals surface area contributed by atoms with Crippen molar-refractivity contribution >= 4 is 51.3 Å². The van der Waals surface area contributed by atoms with Gasteiger partial charge < -0.3 is 5.73 Å². The van der Waals surface area contributed by atoms with Crippen LogP contribution in [0.4, 0.5) is 10.8 Å². The molecule has 3 rings (SSSR count). The first-order chi connectivity index (χ1) is 9.54. The van der Waals surface area contributed by atoms with E-state index in [4.69, 9.17) is 28.9 Å². The van der Waals surface area contributed by atoms with Gasteiger partial charge in [-0.25, -0.2) is 4.98 Å². The average Bonchev–Trinajstić information content (AvgIpc) is 3.15. The Hall–Kier alpha value is -1.30. The number of carbonyl (C=O) groups is 1. The topological polar surface area (TPSA) is 68.0 Å². The number of benzene rings is 1. The molecule has 0 aliphatic heterocycles. The molecular weight excluding hydrogens is 317 g/mol. The Morgan fingerprint density at radius 3 is 2.85 bits per heavy atom. The van der Waals surface area contributed by atoms with Crippen LogP contribution < -0.4 is 11.1 Å². The van der Waals surface area contributed by atoms with Crippen LogP contribution in [0.2, 0.25) is 10.0 Å². The molecule has 0 spiro atoms. The first-order valence-electron chi connectivity index (χ1n) is 6.06. The van der Waals surface area contributed by atoms with Crippen molar-refractivity contribution < 1.29 is 4.79 Å². The Labute approximate surface area is 129 Å². The highest BCUT2D eigenvalue weighted by Crippen LogP contribution is 2.41. The van der Waals surface area contributed by atoms with Crippen molar-refractivity contribution in [3.8, 4) is 0 Å². The summed E-state index contributed by atoms with van der Waals surface area (Å²) in [4.78, 5) is 16.6. The third-order valence-electron chi connectivity index (χ3n) is 3.03. The van der Waals surface area contributed by atoms with Crippen LogP contribution in [0.25, 0.3) is 0 Å². The number of carbonyl (C=O) groups excluding carboxylic acids is 1. The minimum absolute atomic E-state index is 0.192. The molecule has 0 atom stereocenters. The van der Waals surface area contributed by atoms with E-state index in [0.717, 1.165) is 5.69 Å². The third kappa shape index (κ3) is 2.75. The summed E-state index contributed by atoms with van der Waals surface area (Å²) in [6.45, 7) is 0. The summed E-state index contributed by atoms with van der Waals surface area (Å²) in [5, 5.41) is 5.71. The molecule has 1 aliphatic carbocycles. The van der Waals surface area contributed by atoms with Gasteiger partial charge in [-0.3, -0.25) is 10.1 Å². The van der Waals surface area contributed by atoms with Crippen LogP contribution in [0, 0.1) is 0 Å². The van der Waals surface area contributed by atoms with E-state index in [2.05, 4.69) is 10.3 Å². The van der Waals surface area contributed by atoms with E-state index in [0.29, 0.717) is 16.7 Å². The third-order valence-corrected chi connectivity index (χ3v) is 4.61. The van der Waals surface area contributed by atoms with Gasteiger partial charge in [0.15, 0.2) is 5.13 Å². The lowest BCUT2D eigenvalue weighted by Gasteiger charge is -2.07. The highest BCUT2D eigenvalue weighted by molar-refractivity contribution is 7.14. The van der Waals surface area contributed by atoms with Gasteiger partial charge in [-0.2, -0.15) is 0 Å². The van der Waals surface area contributed by atoms with Crippen LogP contribution in [0.5, 0.6) is 0 Å². The van der Waals surface area contributed by atoms with E-state index >= 15 is 0 Å². The number of rotatable bonds is 3. The monoisotopic (exact) mass is 327 g/mol. The number of nitrogen functional groups attached to an aromatic ring is 1. The summed E-state index contributed by atoms with van der Waals surface area (Å²) < 4.78 is 0. The first-order valence-corrected chi connectivity index (χ1v) is 7.69. The molecule has 1 amide bonds. The molecule has 1 aromatic carbocycles. The lowest BCUT2D eigenvalue weighted by Crippen LogP contribution is -2.13. The lowest BCUT2D eigenvalue weighted by atomic mass is 10.2. The predicted octanol–water partition coefficient (Wildman–Crippen LogP) is 4.16. The highest BCUT2D eigenvalue weighted by atomic mass is 35.5. The second-order valence-corrected chi connectivity index (χ2v) is 6.31. The van der Waals surface area contributed by atoms with E-state index in [-0.39, 0.29) is 21.5 Å². The minimum atomic E-state index is -0.360. The van der Waals surface area contributed by atoms with E-state index in [9.17, 15) is 4.79 Å². The molecule has 0 radical (unpaired) electrons. The van der Waals surface area contributed by atoms with Gasteiger partial charge in [0.05, 0.1) is 21.3 Å². The Balaban J connectivity index is 1.81. The number of halogens is 2. The molecule has 2 aromatic rings. The molecule has 1 fully saturated rings. The number of amides is 1. The minimum Gasteiger partial charge on any atom is -0.399 e. The van der Waals surface area contributed by atoms with Crippen LogP contribution >= 0.6 is 34.5 Å². The van der Waals surface area contributed by atoms with Gasteiger partial charge >= 0.3 is 0 Å². The predicted molar refractivity (Wildman–Crippen MR) is 82.9 cm³/mol. The number of hydrogen-bond acceptors (Lipinski definition) is 4. The van der Waals surface area contributed by atoms with E-state index in [1.807, 2.05) is 5.38 Å². The molecule has 1 aliphatic rings. The summed E-state index contributed by atoms with van der Waals surface area (Å²) >= 11 is 13.3. The highest BCUT2D eigenvalue weighted by Gasteiger charge is 2.26. The fourth-order valence-electron chi connectivity index (χ4n) is 1.85. The number of nitrogens with two attached hydrogens (primary N) is 1. The van der Waals surface area contributed by atoms with Gasteiger partial charge in [0, 0.05) is 17.0 Å². The zero-order valence-corrected chi connectivity index (χ0v) is 12.6. The molecule has 1 saturated carbocycles. The molecule has 0 unspecified atom stereocenters. The molecule has 1 heterocycles. The van der Waals surface area contributed by atoms with E-state index < -0.39 is 0 Å². The number of thiazole rings is 1. The normalized spacial score (nSPS) is 14.3. The Morgan fingerprint density at radius 2 is 2.15 bits per heavy atom. The Bertz CT molecular complexity index is 682. The van der Waals surface area contributed by atoms with Crippen molar-refractivity contribution in [2.45, 2.75) is 18.8 Å². The van der Waals surface area contributed by atoms with Crippen molar-refractivity contribution in [1.29, 1.82) is 0 Å².